The van der Waals surface area contributed by atoms with Crippen molar-refractivity contribution in [2.45, 2.75) is 26.7 Å². The first kappa shape index (κ1) is 18.5. The fourth-order valence-electron chi connectivity index (χ4n) is 2.16. The van der Waals surface area contributed by atoms with Gasteiger partial charge in [0.15, 0.2) is 0 Å². The Morgan fingerprint density at radius 3 is 2.52 bits per heavy atom. The Kier molecular flexibility index (Phi) is 7.50. The van der Waals surface area contributed by atoms with Gasteiger partial charge >= 0.3 is 0 Å². The highest BCUT2D eigenvalue weighted by Crippen LogP contribution is 2.16. The van der Waals surface area contributed by atoms with Crippen LogP contribution in [0.4, 0.5) is 0 Å². The van der Waals surface area contributed by atoms with Gasteiger partial charge in [0.1, 0.15) is 11.5 Å². The van der Waals surface area contributed by atoms with Gasteiger partial charge in [0.05, 0.1) is 19.4 Å². The van der Waals surface area contributed by atoms with E-state index in [0.29, 0.717) is 13.2 Å². The van der Waals surface area contributed by atoms with Crippen molar-refractivity contribution in [1.82, 2.24) is 5.43 Å². The number of aryl methyl sites for hydroxylation is 1. The number of hydrogen-bond acceptors (Lipinski definition) is 4. The van der Waals surface area contributed by atoms with Gasteiger partial charge in [0.2, 0.25) is 5.91 Å². The first-order valence-electron chi connectivity index (χ1n) is 8.42. The smallest absolute Gasteiger partial charge is 0.236 e. The maximum atomic E-state index is 10.8. The van der Waals surface area contributed by atoms with E-state index in [4.69, 9.17) is 9.47 Å². The summed E-state index contributed by atoms with van der Waals surface area (Å²) < 4.78 is 11.5. The lowest BCUT2D eigenvalue weighted by Crippen LogP contribution is -2.12. The summed E-state index contributed by atoms with van der Waals surface area (Å²) in [6, 6.07) is 15.7. The summed E-state index contributed by atoms with van der Waals surface area (Å²) in [5.41, 5.74) is 4.49. The zero-order chi connectivity index (χ0) is 17.9. The van der Waals surface area contributed by atoms with E-state index in [9.17, 15) is 4.79 Å². The lowest BCUT2D eigenvalue weighted by molar-refractivity contribution is -0.118. The summed E-state index contributed by atoms with van der Waals surface area (Å²) in [6.45, 7) is 4.67. The van der Waals surface area contributed by atoms with Crippen molar-refractivity contribution in [3.8, 4) is 11.5 Å². The van der Waals surface area contributed by atoms with Crippen molar-refractivity contribution < 1.29 is 14.3 Å². The standard InChI is InChI=1S/C20H24N2O3/c1-3-17-9-11-19(12-10-17)24-13-6-14-25-20-8-5-4-7-18(20)15-21-22-16(2)23/h4-5,7-12,15H,3,6,13-14H2,1-2H3,(H,22,23). The number of hydrogen-bond donors (Lipinski definition) is 1. The second kappa shape index (κ2) is 10.1. The van der Waals surface area contributed by atoms with Crippen LogP contribution in [0.15, 0.2) is 53.6 Å². The second-order valence-corrected chi connectivity index (χ2v) is 5.51. The van der Waals surface area contributed by atoms with Crippen molar-refractivity contribution in [2.24, 2.45) is 5.10 Å². The highest BCUT2D eigenvalue weighted by molar-refractivity contribution is 5.84. The normalized spacial score (nSPS) is 10.6. The minimum absolute atomic E-state index is 0.209. The number of rotatable bonds is 9. The maximum absolute atomic E-state index is 10.8. The number of amides is 1. The fourth-order valence-corrected chi connectivity index (χ4v) is 2.16. The molecule has 5 heteroatoms. The third-order valence-corrected chi connectivity index (χ3v) is 3.49. The number of nitrogens with one attached hydrogen (secondary N) is 1. The summed E-state index contributed by atoms with van der Waals surface area (Å²) >= 11 is 0. The number of ether oxygens (including phenoxy) is 2. The Morgan fingerprint density at radius 2 is 1.80 bits per heavy atom. The van der Waals surface area contributed by atoms with Crippen LogP contribution in [0.5, 0.6) is 11.5 Å². The molecule has 0 fully saturated rings. The van der Waals surface area contributed by atoms with E-state index in [2.05, 4.69) is 29.6 Å². The molecule has 0 heterocycles. The summed E-state index contributed by atoms with van der Waals surface area (Å²) in [5.74, 6) is 1.39. The molecule has 25 heavy (non-hydrogen) atoms. The summed E-state index contributed by atoms with van der Waals surface area (Å²) in [6.07, 6.45) is 3.37. The van der Waals surface area contributed by atoms with Gasteiger partial charge in [-0.25, -0.2) is 5.43 Å². The van der Waals surface area contributed by atoms with Crippen molar-refractivity contribution in [1.29, 1.82) is 0 Å². The Labute approximate surface area is 148 Å². The van der Waals surface area contributed by atoms with Crippen LogP contribution in [0.3, 0.4) is 0 Å². The van der Waals surface area contributed by atoms with Gasteiger partial charge < -0.3 is 9.47 Å². The summed E-state index contributed by atoms with van der Waals surface area (Å²) in [5, 5.41) is 3.87. The van der Waals surface area contributed by atoms with E-state index in [-0.39, 0.29) is 5.91 Å². The molecular formula is C20H24N2O3. The molecule has 0 bridgehead atoms. The minimum atomic E-state index is -0.209. The van der Waals surface area contributed by atoms with E-state index in [1.807, 2.05) is 36.4 Å². The van der Waals surface area contributed by atoms with Gasteiger partial charge in [-0.2, -0.15) is 5.10 Å². The van der Waals surface area contributed by atoms with E-state index >= 15 is 0 Å². The third kappa shape index (κ3) is 6.67. The molecule has 132 valence electrons. The Bertz CT molecular complexity index is 696. The predicted molar refractivity (Wildman–Crippen MR) is 99.3 cm³/mol. The van der Waals surface area contributed by atoms with E-state index in [1.165, 1.54) is 12.5 Å². The quantitative estimate of drug-likeness (QED) is 0.431. The van der Waals surface area contributed by atoms with Crippen molar-refractivity contribution in [3.63, 3.8) is 0 Å². The molecule has 0 saturated carbocycles. The fraction of sp³-hybridized carbons (Fsp3) is 0.300. The summed E-state index contributed by atoms with van der Waals surface area (Å²) in [7, 11) is 0. The molecule has 2 aromatic carbocycles. The van der Waals surface area contributed by atoms with Crippen LogP contribution < -0.4 is 14.9 Å². The van der Waals surface area contributed by atoms with Crippen molar-refractivity contribution in [3.05, 3.63) is 59.7 Å². The number of carbonyl (C=O) groups is 1. The lowest BCUT2D eigenvalue weighted by atomic mass is 10.2. The van der Waals surface area contributed by atoms with E-state index in [1.54, 1.807) is 6.21 Å². The lowest BCUT2D eigenvalue weighted by Gasteiger charge is -2.10. The van der Waals surface area contributed by atoms with Crippen LogP contribution in [0.2, 0.25) is 0 Å². The molecule has 2 rings (SSSR count). The predicted octanol–water partition coefficient (Wildman–Crippen LogP) is 3.57. The minimum Gasteiger partial charge on any atom is -0.493 e. The van der Waals surface area contributed by atoms with Crippen LogP contribution in [0, 0.1) is 0 Å². The Balaban J connectivity index is 1.75. The largest absolute Gasteiger partial charge is 0.493 e. The van der Waals surface area contributed by atoms with Crippen LogP contribution in [-0.2, 0) is 11.2 Å². The molecule has 1 amide bonds. The first-order chi connectivity index (χ1) is 12.2. The molecule has 5 nitrogen and oxygen atoms in total. The molecule has 1 N–H and O–H groups in total. The van der Waals surface area contributed by atoms with Gasteiger partial charge in [0.25, 0.3) is 0 Å². The van der Waals surface area contributed by atoms with Gasteiger partial charge in [-0.3, -0.25) is 4.79 Å². The zero-order valence-electron chi connectivity index (χ0n) is 14.7. The number of hydrazone groups is 1. The van der Waals surface area contributed by atoms with Crippen molar-refractivity contribution >= 4 is 12.1 Å². The highest BCUT2D eigenvalue weighted by atomic mass is 16.5. The Hall–Kier alpha value is -2.82. The third-order valence-electron chi connectivity index (χ3n) is 3.49. The van der Waals surface area contributed by atoms with Crippen LogP contribution in [0.1, 0.15) is 31.4 Å². The molecule has 2 aromatic rings. The molecule has 0 spiro atoms. The van der Waals surface area contributed by atoms with Gasteiger partial charge in [-0.05, 0) is 36.2 Å². The monoisotopic (exact) mass is 340 g/mol. The molecule has 0 atom stereocenters. The van der Waals surface area contributed by atoms with E-state index in [0.717, 1.165) is 29.9 Å². The molecule has 0 aliphatic rings. The Morgan fingerprint density at radius 1 is 1.08 bits per heavy atom. The van der Waals surface area contributed by atoms with Crippen LogP contribution in [-0.4, -0.2) is 25.3 Å². The molecule has 0 unspecified atom stereocenters. The van der Waals surface area contributed by atoms with Crippen LogP contribution >= 0.6 is 0 Å². The van der Waals surface area contributed by atoms with Crippen LogP contribution in [0.25, 0.3) is 0 Å². The topological polar surface area (TPSA) is 59.9 Å². The molecular weight excluding hydrogens is 316 g/mol. The van der Waals surface area contributed by atoms with E-state index < -0.39 is 0 Å². The molecule has 0 aliphatic carbocycles. The average Bonchev–Trinajstić information content (AvgIpc) is 2.63. The first-order valence-corrected chi connectivity index (χ1v) is 8.42. The zero-order valence-corrected chi connectivity index (χ0v) is 14.7. The second-order valence-electron chi connectivity index (χ2n) is 5.51. The van der Waals surface area contributed by atoms with Gasteiger partial charge in [-0.1, -0.05) is 31.2 Å². The summed E-state index contributed by atoms with van der Waals surface area (Å²) in [4.78, 5) is 10.8. The molecule has 0 aromatic heterocycles. The van der Waals surface area contributed by atoms with Gasteiger partial charge in [-0.15, -0.1) is 0 Å². The van der Waals surface area contributed by atoms with Crippen molar-refractivity contribution in [2.75, 3.05) is 13.2 Å². The van der Waals surface area contributed by atoms with Gasteiger partial charge in [0, 0.05) is 18.9 Å². The average molecular weight is 340 g/mol. The molecule has 0 saturated heterocycles. The molecule has 0 aliphatic heterocycles. The number of nitrogens with zero attached hydrogens (tertiary/aromatic N) is 1. The number of carbonyl (C=O) groups excluding carboxylic acids is 1. The maximum Gasteiger partial charge on any atom is 0.236 e. The highest BCUT2D eigenvalue weighted by Gasteiger charge is 2.01. The number of benzene rings is 2. The molecule has 0 radical (unpaired) electrons. The number of para-hydroxylation sites is 1. The SMILES string of the molecule is CCc1ccc(OCCCOc2ccccc2C=NNC(C)=O)cc1.